The molecule has 1 heterocycles. The van der Waals surface area contributed by atoms with Gasteiger partial charge >= 0.3 is 6.18 Å². The zero-order valence-electron chi connectivity index (χ0n) is 11.3. The quantitative estimate of drug-likeness (QED) is 0.798. The van der Waals surface area contributed by atoms with Crippen molar-refractivity contribution in [2.24, 2.45) is 0 Å². The van der Waals surface area contributed by atoms with Crippen LogP contribution in [0.5, 0.6) is 0 Å². The lowest BCUT2D eigenvalue weighted by atomic mass is 10.2. The number of nitrogens with zero attached hydrogens (tertiary/aromatic N) is 4. The fraction of sp³-hybridized carbons (Fsp3) is 0.462. The van der Waals surface area contributed by atoms with Gasteiger partial charge in [0.15, 0.2) is 5.82 Å². The number of alkyl halides is 3. The average molecular weight is 299 g/mol. The molecule has 21 heavy (non-hydrogen) atoms. The monoisotopic (exact) mass is 299 g/mol. The van der Waals surface area contributed by atoms with Gasteiger partial charge in [-0.05, 0) is 41.9 Å². The first-order valence-corrected chi connectivity index (χ1v) is 6.66. The lowest BCUT2D eigenvalue weighted by molar-refractivity contribution is -0.135. The number of halogens is 3. The van der Waals surface area contributed by atoms with E-state index in [1.54, 1.807) is 4.68 Å². The van der Waals surface area contributed by atoms with Gasteiger partial charge in [0, 0.05) is 6.42 Å². The molecule has 1 aromatic carbocycles. The van der Waals surface area contributed by atoms with E-state index in [-0.39, 0.29) is 6.42 Å². The molecule has 1 N–H and O–H groups in total. The van der Waals surface area contributed by atoms with Crippen LogP contribution in [0.2, 0.25) is 0 Å². The second-order valence-electron chi connectivity index (χ2n) is 4.59. The molecule has 2 aromatic rings. The van der Waals surface area contributed by atoms with Crippen molar-refractivity contribution in [1.82, 2.24) is 25.5 Å². The largest absolute Gasteiger partial charge is 0.389 e. The first-order valence-electron chi connectivity index (χ1n) is 6.66. The van der Waals surface area contributed by atoms with Crippen molar-refractivity contribution in [3.8, 4) is 5.69 Å². The highest BCUT2D eigenvalue weighted by molar-refractivity contribution is 5.30. The van der Waals surface area contributed by atoms with Gasteiger partial charge in [0.2, 0.25) is 0 Å². The van der Waals surface area contributed by atoms with Crippen molar-refractivity contribution in [3.63, 3.8) is 0 Å². The molecule has 8 heteroatoms. The number of para-hydroxylation sites is 1. The van der Waals surface area contributed by atoms with Crippen molar-refractivity contribution in [2.75, 3.05) is 6.54 Å². The van der Waals surface area contributed by atoms with Crippen LogP contribution >= 0.6 is 0 Å². The molecule has 0 saturated carbocycles. The van der Waals surface area contributed by atoms with Crippen molar-refractivity contribution in [1.29, 1.82) is 0 Å². The van der Waals surface area contributed by atoms with E-state index in [1.165, 1.54) is 0 Å². The second-order valence-corrected chi connectivity index (χ2v) is 4.59. The standard InChI is InChI=1S/C13H16F3N5/c14-13(15,16)8-4-5-9-17-10-12-18-19-20-21(12)11-6-2-1-3-7-11/h1-3,6-7,17H,4-5,8-10H2. The summed E-state index contributed by atoms with van der Waals surface area (Å²) in [5.41, 5.74) is 0.844. The maximum atomic E-state index is 12.0. The van der Waals surface area contributed by atoms with Gasteiger partial charge in [-0.15, -0.1) is 5.10 Å². The SMILES string of the molecule is FC(F)(F)CCCCNCc1nnnn1-c1ccccc1. The predicted molar refractivity (Wildman–Crippen MR) is 70.8 cm³/mol. The second kappa shape index (κ2) is 7.16. The molecule has 0 aliphatic heterocycles. The highest BCUT2D eigenvalue weighted by Gasteiger charge is 2.25. The third kappa shape index (κ3) is 5.14. The molecule has 5 nitrogen and oxygen atoms in total. The van der Waals surface area contributed by atoms with Crippen LogP contribution in [0.25, 0.3) is 5.69 Å². The smallest absolute Gasteiger partial charge is 0.310 e. The minimum Gasteiger partial charge on any atom is -0.310 e. The topological polar surface area (TPSA) is 55.6 Å². The lowest BCUT2D eigenvalue weighted by Gasteiger charge is -2.07. The number of tetrazole rings is 1. The minimum absolute atomic E-state index is 0.125. The minimum atomic E-state index is -4.07. The number of hydrogen-bond acceptors (Lipinski definition) is 4. The Bertz CT molecular complexity index is 538. The van der Waals surface area contributed by atoms with E-state index in [0.717, 1.165) is 5.69 Å². The Labute approximate surface area is 120 Å². The van der Waals surface area contributed by atoms with Gasteiger partial charge in [0.1, 0.15) is 0 Å². The molecule has 0 bridgehead atoms. The predicted octanol–water partition coefficient (Wildman–Crippen LogP) is 2.48. The summed E-state index contributed by atoms with van der Waals surface area (Å²) in [7, 11) is 0. The summed E-state index contributed by atoms with van der Waals surface area (Å²) in [6, 6.07) is 9.41. The lowest BCUT2D eigenvalue weighted by Crippen LogP contribution is -2.19. The van der Waals surface area contributed by atoms with E-state index in [9.17, 15) is 13.2 Å². The summed E-state index contributed by atoms with van der Waals surface area (Å²) in [5.74, 6) is 0.622. The zero-order chi connectivity index (χ0) is 15.1. The Morgan fingerprint density at radius 2 is 1.86 bits per heavy atom. The van der Waals surface area contributed by atoms with Gasteiger partial charge < -0.3 is 5.32 Å². The molecule has 0 radical (unpaired) electrons. The van der Waals surface area contributed by atoms with Gasteiger partial charge in [-0.2, -0.15) is 17.9 Å². The summed E-state index contributed by atoms with van der Waals surface area (Å²) in [5, 5.41) is 14.5. The van der Waals surface area contributed by atoms with Crippen LogP contribution in [0, 0.1) is 0 Å². The van der Waals surface area contributed by atoms with E-state index in [2.05, 4.69) is 20.8 Å². The molecule has 0 spiro atoms. The summed E-state index contributed by atoms with van der Waals surface area (Å²) >= 11 is 0. The van der Waals surface area contributed by atoms with Gasteiger partial charge in [0.25, 0.3) is 0 Å². The summed E-state index contributed by atoms with van der Waals surface area (Å²) in [6.07, 6.45) is -4.22. The van der Waals surface area contributed by atoms with Gasteiger partial charge in [-0.3, -0.25) is 0 Å². The fourth-order valence-corrected chi connectivity index (χ4v) is 1.86. The van der Waals surface area contributed by atoms with E-state index in [1.807, 2.05) is 30.3 Å². The van der Waals surface area contributed by atoms with Crippen LogP contribution in [0.4, 0.5) is 13.2 Å². The van der Waals surface area contributed by atoms with Crippen molar-refractivity contribution in [2.45, 2.75) is 32.0 Å². The Hall–Kier alpha value is -1.96. The number of unbranched alkanes of at least 4 members (excludes halogenated alkanes) is 1. The molecule has 0 aliphatic rings. The highest BCUT2D eigenvalue weighted by Crippen LogP contribution is 2.21. The Morgan fingerprint density at radius 1 is 1.10 bits per heavy atom. The molecular weight excluding hydrogens is 283 g/mol. The number of rotatable bonds is 7. The van der Waals surface area contributed by atoms with Crippen LogP contribution in [0.1, 0.15) is 25.1 Å². The van der Waals surface area contributed by atoms with E-state index in [0.29, 0.717) is 25.3 Å². The third-order valence-electron chi connectivity index (χ3n) is 2.88. The van der Waals surface area contributed by atoms with E-state index < -0.39 is 12.6 Å². The Balaban J connectivity index is 1.76. The number of aromatic nitrogens is 4. The molecule has 1 aromatic heterocycles. The number of hydrogen-bond donors (Lipinski definition) is 1. The van der Waals surface area contributed by atoms with E-state index >= 15 is 0 Å². The Kier molecular flexibility index (Phi) is 5.26. The number of benzene rings is 1. The highest BCUT2D eigenvalue weighted by atomic mass is 19.4. The summed E-state index contributed by atoms with van der Waals surface area (Å²) in [6.45, 7) is 0.908. The summed E-state index contributed by atoms with van der Waals surface area (Å²) in [4.78, 5) is 0. The molecule has 0 amide bonds. The van der Waals surface area contributed by atoms with Crippen molar-refractivity contribution < 1.29 is 13.2 Å². The van der Waals surface area contributed by atoms with Gasteiger partial charge in [0.05, 0.1) is 12.2 Å². The van der Waals surface area contributed by atoms with E-state index in [4.69, 9.17) is 0 Å². The van der Waals surface area contributed by atoms with Gasteiger partial charge in [-0.25, -0.2) is 0 Å². The molecule has 2 rings (SSSR count). The average Bonchev–Trinajstić information content (AvgIpc) is 2.91. The first kappa shape index (κ1) is 15.4. The molecule has 0 unspecified atom stereocenters. The Morgan fingerprint density at radius 3 is 2.57 bits per heavy atom. The molecular formula is C13H16F3N5. The zero-order valence-corrected chi connectivity index (χ0v) is 11.3. The van der Waals surface area contributed by atoms with Crippen LogP contribution in [0.3, 0.4) is 0 Å². The maximum absolute atomic E-state index is 12.0. The molecule has 0 saturated heterocycles. The van der Waals surface area contributed by atoms with Crippen molar-refractivity contribution in [3.05, 3.63) is 36.2 Å². The van der Waals surface area contributed by atoms with Gasteiger partial charge in [-0.1, -0.05) is 18.2 Å². The van der Waals surface area contributed by atoms with Crippen LogP contribution in [-0.2, 0) is 6.54 Å². The van der Waals surface area contributed by atoms with Crippen LogP contribution < -0.4 is 5.32 Å². The molecule has 0 aliphatic carbocycles. The van der Waals surface area contributed by atoms with Crippen LogP contribution in [0.15, 0.2) is 30.3 Å². The first-order chi connectivity index (χ1) is 10.1. The number of nitrogens with one attached hydrogen (secondary N) is 1. The third-order valence-corrected chi connectivity index (χ3v) is 2.88. The summed E-state index contributed by atoms with van der Waals surface area (Å²) < 4.78 is 37.5. The fourth-order valence-electron chi connectivity index (χ4n) is 1.86. The molecule has 114 valence electrons. The van der Waals surface area contributed by atoms with Crippen LogP contribution in [-0.4, -0.2) is 32.9 Å². The maximum Gasteiger partial charge on any atom is 0.389 e. The molecule has 0 fully saturated rings. The van der Waals surface area contributed by atoms with Crippen molar-refractivity contribution >= 4 is 0 Å². The molecule has 0 atom stereocenters. The normalized spacial score (nSPS) is 11.8.